The summed E-state index contributed by atoms with van der Waals surface area (Å²) in [6, 6.07) is 10.1. The van der Waals surface area contributed by atoms with Gasteiger partial charge in [-0.25, -0.2) is 0 Å². The summed E-state index contributed by atoms with van der Waals surface area (Å²) in [6.07, 6.45) is 5.15. The number of pyridine rings is 1. The molecule has 5 rings (SSSR count). The van der Waals surface area contributed by atoms with Gasteiger partial charge >= 0.3 is 0 Å². The smallest absolute Gasteiger partial charge is 0.271 e. The Morgan fingerprint density at radius 1 is 1.32 bits per heavy atom. The van der Waals surface area contributed by atoms with Gasteiger partial charge in [-0.1, -0.05) is 12.1 Å². The average molecular weight is 517 g/mol. The molecule has 2 aliphatic rings. The molecule has 2 aliphatic heterocycles. The fraction of sp³-hybridized carbons (Fsp3) is 0.393. The van der Waals surface area contributed by atoms with E-state index in [9.17, 15) is 14.4 Å². The van der Waals surface area contributed by atoms with Gasteiger partial charge in [-0.2, -0.15) is 0 Å². The third-order valence-corrected chi connectivity index (χ3v) is 7.52. The van der Waals surface area contributed by atoms with Gasteiger partial charge in [0.2, 0.25) is 11.8 Å². The van der Waals surface area contributed by atoms with Crippen molar-refractivity contribution in [1.29, 1.82) is 0 Å². The molecule has 0 unspecified atom stereocenters. The van der Waals surface area contributed by atoms with Crippen molar-refractivity contribution >= 4 is 35.3 Å². The van der Waals surface area contributed by atoms with Crippen molar-refractivity contribution in [3.63, 3.8) is 0 Å². The lowest BCUT2D eigenvalue weighted by Crippen LogP contribution is -2.50. The lowest BCUT2D eigenvalue weighted by Gasteiger charge is -2.26. The molecule has 0 saturated carbocycles. The number of benzene rings is 1. The van der Waals surface area contributed by atoms with Gasteiger partial charge in [0, 0.05) is 54.3 Å². The number of aliphatic imine (C=N–C) groups is 1. The Bertz CT molecular complexity index is 1340. The molecule has 10 heteroatoms. The van der Waals surface area contributed by atoms with Crippen molar-refractivity contribution in [3.05, 3.63) is 60.0 Å². The Hall–Kier alpha value is -4.21. The number of hydrogen-bond acceptors (Lipinski definition) is 6. The zero-order valence-corrected chi connectivity index (χ0v) is 21.4. The molecular formula is C28H32N6O4. The van der Waals surface area contributed by atoms with Crippen LogP contribution in [0.4, 0.5) is 0 Å². The molecule has 4 heterocycles. The summed E-state index contributed by atoms with van der Waals surface area (Å²) >= 11 is 0. The Labute approximate surface area is 220 Å². The maximum Gasteiger partial charge on any atom is 0.271 e. The lowest BCUT2D eigenvalue weighted by atomic mass is 9.96. The van der Waals surface area contributed by atoms with Crippen LogP contribution in [0.5, 0.6) is 5.75 Å². The maximum atomic E-state index is 13.8. The highest BCUT2D eigenvalue weighted by atomic mass is 16.5. The first-order chi connectivity index (χ1) is 18.5. The van der Waals surface area contributed by atoms with E-state index >= 15 is 0 Å². The Kier molecular flexibility index (Phi) is 7.39. The topological polar surface area (TPSA) is 129 Å². The summed E-state index contributed by atoms with van der Waals surface area (Å²) in [5.74, 6) is -0.0742. The van der Waals surface area contributed by atoms with E-state index in [-0.39, 0.29) is 35.6 Å². The van der Waals surface area contributed by atoms with Crippen molar-refractivity contribution in [2.75, 3.05) is 26.7 Å². The highest BCUT2D eigenvalue weighted by molar-refractivity contribution is 6.02. The minimum atomic E-state index is -0.689. The second-order valence-corrected chi connectivity index (χ2v) is 9.92. The van der Waals surface area contributed by atoms with Crippen LogP contribution in [0.1, 0.15) is 41.2 Å². The highest BCUT2D eigenvalue weighted by Crippen LogP contribution is 2.34. The first kappa shape index (κ1) is 25.4. The van der Waals surface area contributed by atoms with Crippen molar-refractivity contribution in [2.45, 2.75) is 37.3 Å². The van der Waals surface area contributed by atoms with E-state index in [1.54, 1.807) is 30.5 Å². The summed E-state index contributed by atoms with van der Waals surface area (Å²) in [5, 5.41) is 6.71. The molecule has 1 aromatic carbocycles. The molecule has 3 N–H and O–H groups in total. The van der Waals surface area contributed by atoms with Gasteiger partial charge in [0.25, 0.3) is 5.91 Å². The van der Waals surface area contributed by atoms with Crippen molar-refractivity contribution in [3.8, 4) is 5.75 Å². The number of nitrogens with zero attached hydrogens (tertiary/aromatic N) is 3. The first-order valence-electron chi connectivity index (χ1n) is 12.9. The van der Waals surface area contributed by atoms with Gasteiger partial charge < -0.3 is 25.3 Å². The summed E-state index contributed by atoms with van der Waals surface area (Å²) in [6.45, 7) is 4.89. The molecule has 0 spiro atoms. The highest BCUT2D eigenvalue weighted by Gasteiger charge is 2.42. The number of carbonyl (C=O) groups is 3. The molecule has 2 fully saturated rings. The predicted octanol–water partition coefficient (Wildman–Crippen LogP) is 2.28. The second-order valence-electron chi connectivity index (χ2n) is 9.92. The number of ether oxygens (including phenoxy) is 1. The third-order valence-electron chi connectivity index (χ3n) is 7.52. The number of H-pyrrole nitrogens is 1. The zero-order valence-electron chi connectivity index (χ0n) is 21.4. The van der Waals surface area contributed by atoms with Crippen molar-refractivity contribution in [2.24, 2.45) is 10.9 Å². The van der Waals surface area contributed by atoms with Crippen LogP contribution in [0.15, 0.2) is 53.8 Å². The summed E-state index contributed by atoms with van der Waals surface area (Å²) < 4.78 is 5.45. The number of aromatic amines is 1. The fourth-order valence-corrected chi connectivity index (χ4v) is 5.59. The largest absolute Gasteiger partial charge is 0.496 e. The van der Waals surface area contributed by atoms with E-state index in [1.807, 2.05) is 30.3 Å². The molecule has 2 saturated heterocycles. The van der Waals surface area contributed by atoms with Crippen molar-refractivity contribution in [1.82, 2.24) is 25.5 Å². The quantitative estimate of drug-likeness (QED) is 0.376. The van der Waals surface area contributed by atoms with Gasteiger partial charge in [0.15, 0.2) is 0 Å². The minimum absolute atomic E-state index is 0.00290. The van der Waals surface area contributed by atoms with E-state index in [1.165, 1.54) is 0 Å². The molecule has 10 nitrogen and oxygen atoms in total. The third kappa shape index (κ3) is 5.11. The summed E-state index contributed by atoms with van der Waals surface area (Å²) in [4.78, 5) is 52.7. The number of rotatable bonds is 9. The van der Waals surface area contributed by atoms with E-state index in [4.69, 9.17) is 4.74 Å². The van der Waals surface area contributed by atoms with Gasteiger partial charge in [-0.3, -0.25) is 24.4 Å². The molecule has 0 bridgehead atoms. The van der Waals surface area contributed by atoms with Gasteiger partial charge in [0.1, 0.15) is 17.5 Å². The van der Waals surface area contributed by atoms with Gasteiger partial charge in [0.05, 0.1) is 13.7 Å². The number of likely N-dealkylation sites (tertiary alicyclic amines) is 1. The van der Waals surface area contributed by atoms with E-state index in [0.29, 0.717) is 43.9 Å². The van der Waals surface area contributed by atoms with E-state index in [0.717, 1.165) is 22.9 Å². The lowest BCUT2D eigenvalue weighted by molar-refractivity contribution is -0.126. The number of hydrogen-bond donors (Lipinski definition) is 3. The Morgan fingerprint density at radius 2 is 2.18 bits per heavy atom. The molecule has 0 radical (unpaired) electrons. The Balaban J connectivity index is 1.40. The second kappa shape index (κ2) is 11.0. The molecule has 4 atom stereocenters. The van der Waals surface area contributed by atoms with Crippen LogP contribution in [0, 0.1) is 5.92 Å². The monoisotopic (exact) mass is 516 g/mol. The fourth-order valence-electron chi connectivity index (χ4n) is 5.59. The first-order valence-corrected chi connectivity index (χ1v) is 12.9. The number of fused-ring (bicyclic) bond motifs is 1. The van der Waals surface area contributed by atoms with Crippen LogP contribution in [-0.4, -0.2) is 78.1 Å². The standard InChI is InChI=1S/C28H32N6O4/c1-29-15-20(11-17-8-10-31-26(17)35)32-27(36)24-12-19(18-5-4-9-30-14-18)16-34(24)28(37)23-13-21-22(33-23)6-3-7-25(21)38-2/h3-7,9,13-14,17,19-20,24,33H,1,8,10-12,15-16H2,2H3,(H,31,35)(H,32,36)/t17-,19+,20-,24-/m0/s1. The molecule has 38 heavy (non-hydrogen) atoms. The summed E-state index contributed by atoms with van der Waals surface area (Å²) in [5.41, 5.74) is 2.15. The van der Waals surface area contributed by atoms with Crippen LogP contribution >= 0.6 is 0 Å². The van der Waals surface area contributed by atoms with Crippen LogP contribution in [0.3, 0.4) is 0 Å². The number of carbonyl (C=O) groups excluding carboxylic acids is 3. The van der Waals surface area contributed by atoms with Crippen LogP contribution in [0.2, 0.25) is 0 Å². The summed E-state index contributed by atoms with van der Waals surface area (Å²) in [7, 11) is 1.59. The molecule has 3 amide bonds. The number of aromatic nitrogens is 2. The van der Waals surface area contributed by atoms with Gasteiger partial charge in [-0.05, 0) is 55.8 Å². The van der Waals surface area contributed by atoms with Crippen LogP contribution in [0.25, 0.3) is 10.9 Å². The Morgan fingerprint density at radius 3 is 2.89 bits per heavy atom. The average Bonchev–Trinajstić information content (AvgIpc) is 3.67. The van der Waals surface area contributed by atoms with E-state index < -0.39 is 6.04 Å². The molecule has 3 aromatic rings. The number of amides is 3. The molecular weight excluding hydrogens is 484 g/mol. The maximum absolute atomic E-state index is 13.8. The normalized spacial score (nSPS) is 21.8. The van der Waals surface area contributed by atoms with Crippen molar-refractivity contribution < 1.29 is 19.1 Å². The van der Waals surface area contributed by atoms with Gasteiger partial charge in [-0.15, -0.1) is 0 Å². The molecule has 198 valence electrons. The molecule has 0 aliphatic carbocycles. The van der Waals surface area contributed by atoms with Crippen LogP contribution < -0.4 is 15.4 Å². The number of methoxy groups -OCH3 is 1. The predicted molar refractivity (Wildman–Crippen MR) is 143 cm³/mol. The van der Waals surface area contributed by atoms with E-state index in [2.05, 4.69) is 32.3 Å². The SMILES string of the molecule is C=NC[C@H](C[C@@H]1CCNC1=O)NC(=O)[C@@H]1C[C@@H](c2cccnc2)CN1C(=O)c1cc2c(OC)cccc2[nH]1. The van der Waals surface area contributed by atoms with Crippen LogP contribution in [-0.2, 0) is 9.59 Å². The zero-order chi connectivity index (χ0) is 26.6. The number of nitrogens with one attached hydrogen (secondary N) is 3. The minimum Gasteiger partial charge on any atom is -0.496 e. The molecule has 2 aromatic heterocycles.